The molecule has 0 radical (unpaired) electrons. The van der Waals surface area contributed by atoms with Crippen LogP contribution in [0.3, 0.4) is 0 Å². The maximum absolute atomic E-state index is 14.5. The number of carbonyl (C=O) groups excluding carboxylic acids is 1. The molecule has 7 nitrogen and oxygen atoms in total. The summed E-state index contributed by atoms with van der Waals surface area (Å²) in [5.74, 6) is 0.825. The number of hydrogen-bond donors (Lipinski definition) is 1. The van der Waals surface area contributed by atoms with Crippen LogP contribution in [-0.4, -0.2) is 42.1 Å². The first-order valence-corrected chi connectivity index (χ1v) is 13.0. The third-order valence-corrected chi connectivity index (χ3v) is 6.92. The van der Waals surface area contributed by atoms with Gasteiger partial charge in [-0.3, -0.25) is 4.79 Å². The highest BCUT2D eigenvalue weighted by molar-refractivity contribution is 6.10. The van der Waals surface area contributed by atoms with Gasteiger partial charge in [-0.25, -0.2) is 9.37 Å². The van der Waals surface area contributed by atoms with Crippen LogP contribution in [0.25, 0.3) is 10.8 Å². The van der Waals surface area contributed by atoms with Gasteiger partial charge in [-0.15, -0.1) is 0 Å². The molecule has 0 atom stereocenters. The van der Waals surface area contributed by atoms with E-state index in [4.69, 9.17) is 4.74 Å². The lowest BCUT2D eigenvalue weighted by molar-refractivity contribution is 0.102. The topological polar surface area (TPSA) is 70.6 Å². The summed E-state index contributed by atoms with van der Waals surface area (Å²) >= 11 is 0. The Labute approximate surface area is 222 Å². The summed E-state index contributed by atoms with van der Waals surface area (Å²) in [4.78, 5) is 26.2. The molecule has 1 aliphatic rings. The van der Waals surface area contributed by atoms with Crippen LogP contribution < -0.4 is 19.9 Å². The molecule has 0 aliphatic carbocycles. The van der Waals surface area contributed by atoms with Crippen LogP contribution in [0.4, 0.5) is 21.7 Å². The number of halogens is 1. The van der Waals surface area contributed by atoms with E-state index < -0.39 is 5.82 Å². The highest BCUT2D eigenvalue weighted by Gasteiger charge is 2.17. The molecule has 2 heterocycles. The van der Waals surface area contributed by atoms with Crippen molar-refractivity contribution >= 4 is 34.0 Å². The third kappa shape index (κ3) is 5.54. The molecule has 1 N–H and O–H groups in total. The van der Waals surface area contributed by atoms with Crippen molar-refractivity contribution in [2.75, 3.05) is 35.3 Å². The van der Waals surface area contributed by atoms with E-state index in [1.165, 1.54) is 18.6 Å². The van der Waals surface area contributed by atoms with Crippen molar-refractivity contribution in [1.82, 2.24) is 9.97 Å². The normalized spacial score (nSPS) is 13.6. The first-order valence-electron chi connectivity index (χ1n) is 13.0. The Balaban J connectivity index is 1.41. The summed E-state index contributed by atoms with van der Waals surface area (Å²) in [7, 11) is 1.94. The van der Waals surface area contributed by atoms with Crippen LogP contribution in [0.2, 0.25) is 0 Å². The van der Waals surface area contributed by atoms with Gasteiger partial charge in [-0.05, 0) is 63.4 Å². The second kappa shape index (κ2) is 11.0. The molecule has 38 heavy (non-hydrogen) atoms. The molecule has 5 rings (SSSR count). The second-order valence-electron chi connectivity index (χ2n) is 9.86. The standard InChI is InChI=1S/C30H32FN5O2/c1-20(2)35(3)30-32-14-13-28(34-30)38-27-12-11-26(24-9-5-6-10-25(24)27)33-29(37)21-17-22(31)19-23(18-21)36-15-7-4-8-16-36/h5-6,9-14,17-20H,4,7-8,15-16H2,1-3H3,(H,33,37). The molecule has 3 aromatic carbocycles. The van der Waals surface area contributed by atoms with Crippen molar-refractivity contribution in [2.24, 2.45) is 0 Å². The van der Waals surface area contributed by atoms with Gasteiger partial charge in [-0.1, -0.05) is 24.3 Å². The molecular formula is C30H32FN5O2. The van der Waals surface area contributed by atoms with Gasteiger partial charge in [0.05, 0.1) is 0 Å². The Morgan fingerprint density at radius 2 is 1.79 bits per heavy atom. The smallest absolute Gasteiger partial charge is 0.255 e. The van der Waals surface area contributed by atoms with Crippen molar-refractivity contribution in [3.63, 3.8) is 0 Å². The lowest BCUT2D eigenvalue weighted by Gasteiger charge is -2.29. The number of amides is 1. The maximum atomic E-state index is 14.5. The predicted molar refractivity (Wildman–Crippen MR) is 150 cm³/mol. The predicted octanol–water partition coefficient (Wildman–Crippen LogP) is 6.65. The van der Waals surface area contributed by atoms with Crippen LogP contribution in [0, 0.1) is 5.82 Å². The minimum atomic E-state index is -0.417. The Hall–Kier alpha value is -4.20. The fourth-order valence-electron chi connectivity index (χ4n) is 4.61. The molecule has 0 spiro atoms. The molecule has 196 valence electrons. The summed E-state index contributed by atoms with van der Waals surface area (Å²) in [5, 5.41) is 4.60. The Morgan fingerprint density at radius 3 is 2.55 bits per heavy atom. The van der Waals surface area contributed by atoms with E-state index in [1.807, 2.05) is 36.2 Å². The molecule has 1 fully saturated rings. The number of ether oxygens (including phenoxy) is 1. The monoisotopic (exact) mass is 513 g/mol. The van der Waals surface area contributed by atoms with Crippen molar-refractivity contribution in [3.05, 3.63) is 78.2 Å². The first-order chi connectivity index (χ1) is 18.4. The summed E-state index contributed by atoms with van der Waals surface area (Å²) < 4.78 is 20.6. The maximum Gasteiger partial charge on any atom is 0.255 e. The summed E-state index contributed by atoms with van der Waals surface area (Å²) in [6.45, 7) is 5.88. The summed E-state index contributed by atoms with van der Waals surface area (Å²) in [6, 6.07) is 17.8. The average molecular weight is 514 g/mol. The van der Waals surface area contributed by atoms with E-state index in [2.05, 4.69) is 34.0 Å². The zero-order chi connectivity index (χ0) is 26.6. The van der Waals surface area contributed by atoms with Crippen LogP contribution in [0.15, 0.2) is 66.9 Å². The highest BCUT2D eigenvalue weighted by atomic mass is 19.1. The van der Waals surface area contributed by atoms with E-state index in [1.54, 1.807) is 30.5 Å². The molecule has 8 heteroatoms. The number of fused-ring (bicyclic) bond motifs is 1. The molecule has 1 saturated heterocycles. The minimum absolute atomic E-state index is 0.239. The van der Waals surface area contributed by atoms with Gasteiger partial charge in [-0.2, -0.15) is 4.98 Å². The van der Waals surface area contributed by atoms with Crippen molar-refractivity contribution in [1.29, 1.82) is 0 Å². The number of rotatable bonds is 7. The fourth-order valence-corrected chi connectivity index (χ4v) is 4.61. The Morgan fingerprint density at radius 1 is 1.03 bits per heavy atom. The molecule has 0 bridgehead atoms. The van der Waals surface area contributed by atoms with E-state index in [-0.39, 0.29) is 17.5 Å². The van der Waals surface area contributed by atoms with Crippen LogP contribution in [0.1, 0.15) is 43.5 Å². The van der Waals surface area contributed by atoms with Gasteiger partial charge < -0.3 is 19.9 Å². The first kappa shape index (κ1) is 25.4. The minimum Gasteiger partial charge on any atom is -0.438 e. The van der Waals surface area contributed by atoms with Crippen LogP contribution >= 0.6 is 0 Å². The highest BCUT2D eigenvalue weighted by Crippen LogP contribution is 2.34. The Bertz CT molecular complexity index is 1450. The van der Waals surface area contributed by atoms with Crippen molar-refractivity contribution < 1.29 is 13.9 Å². The third-order valence-electron chi connectivity index (χ3n) is 6.92. The quantitative estimate of drug-likeness (QED) is 0.298. The molecule has 1 aromatic heterocycles. The molecule has 1 amide bonds. The molecule has 0 unspecified atom stereocenters. The van der Waals surface area contributed by atoms with Gasteiger partial charge in [0, 0.05) is 66.2 Å². The van der Waals surface area contributed by atoms with E-state index in [0.717, 1.165) is 42.4 Å². The zero-order valence-electron chi connectivity index (χ0n) is 21.9. The molecule has 4 aromatic rings. The van der Waals surface area contributed by atoms with E-state index in [9.17, 15) is 9.18 Å². The number of anilines is 3. The number of nitrogens with one attached hydrogen (secondary N) is 1. The van der Waals surface area contributed by atoms with E-state index in [0.29, 0.717) is 23.3 Å². The number of hydrogen-bond acceptors (Lipinski definition) is 6. The SMILES string of the molecule is CC(C)N(C)c1nccc(Oc2ccc(NC(=O)c3cc(F)cc(N4CCCCC4)c3)c3ccccc23)n1. The number of aromatic nitrogens is 2. The number of piperidine rings is 1. The number of carbonyl (C=O) groups is 1. The average Bonchev–Trinajstić information content (AvgIpc) is 2.94. The Kier molecular flexibility index (Phi) is 7.40. The summed E-state index contributed by atoms with van der Waals surface area (Å²) in [6.07, 6.45) is 5.00. The van der Waals surface area contributed by atoms with Gasteiger partial charge in [0.2, 0.25) is 11.8 Å². The zero-order valence-corrected chi connectivity index (χ0v) is 21.9. The van der Waals surface area contributed by atoms with Crippen molar-refractivity contribution in [2.45, 2.75) is 39.2 Å². The lowest BCUT2D eigenvalue weighted by atomic mass is 10.1. The van der Waals surface area contributed by atoms with Crippen LogP contribution in [0.5, 0.6) is 11.6 Å². The van der Waals surface area contributed by atoms with Crippen molar-refractivity contribution in [3.8, 4) is 11.6 Å². The number of benzene rings is 3. The number of nitrogens with zero attached hydrogens (tertiary/aromatic N) is 4. The molecule has 1 aliphatic heterocycles. The molecule has 0 saturated carbocycles. The van der Waals surface area contributed by atoms with Gasteiger partial charge in [0.15, 0.2) is 0 Å². The van der Waals surface area contributed by atoms with Crippen LogP contribution in [-0.2, 0) is 0 Å². The molecular weight excluding hydrogens is 481 g/mol. The second-order valence-corrected chi connectivity index (χ2v) is 9.86. The lowest BCUT2D eigenvalue weighted by Crippen LogP contribution is -2.29. The fraction of sp³-hybridized carbons (Fsp3) is 0.300. The summed E-state index contributed by atoms with van der Waals surface area (Å²) in [5.41, 5.74) is 1.65. The van der Waals surface area contributed by atoms with E-state index >= 15 is 0 Å². The largest absolute Gasteiger partial charge is 0.438 e. The van der Waals surface area contributed by atoms with Gasteiger partial charge >= 0.3 is 0 Å². The van der Waals surface area contributed by atoms with Gasteiger partial charge in [0.1, 0.15) is 11.6 Å². The van der Waals surface area contributed by atoms with Gasteiger partial charge in [0.25, 0.3) is 5.91 Å².